The Hall–Kier alpha value is -2.16. The minimum Gasteiger partial charge on any atom is -0.378 e. The highest BCUT2D eigenvalue weighted by Crippen LogP contribution is 2.26. The number of nitrogens with zero attached hydrogens (tertiary/aromatic N) is 4. The van der Waals surface area contributed by atoms with Crippen molar-refractivity contribution in [3.05, 3.63) is 53.2 Å². The minimum atomic E-state index is -0.262. The summed E-state index contributed by atoms with van der Waals surface area (Å²) in [6.45, 7) is 2.76. The summed E-state index contributed by atoms with van der Waals surface area (Å²) in [5.74, 6) is 0.555. The van der Waals surface area contributed by atoms with Gasteiger partial charge >= 0.3 is 0 Å². The maximum atomic E-state index is 13.4. The highest BCUT2D eigenvalue weighted by Gasteiger charge is 2.27. The van der Waals surface area contributed by atoms with E-state index >= 15 is 0 Å². The molecular formula is C16H16FN5OS. The van der Waals surface area contributed by atoms with Crippen molar-refractivity contribution in [2.75, 3.05) is 19.8 Å². The molecule has 0 saturated carbocycles. The molecule has 1 fully saturated rings. The van der Waals surface area contributed by atoms with E-state index in [4.69, 9.17) is 4.74 Å². The first-order valence-corrected chi connectivity index (χ1v) is 8.52. The monoisotopic (exact) mass is 345 g/mol. The number of imidazole rings is 1. The van der Waals surface area contributed by atoms with Crippen molar-refractivity contribution < 1.29 is 9.13 Å². The van der Waals surface area contributed by atoms with E-state index in [0.29, 0.717) is 19.8 Å². The number of ether oxygens (including phenoxy) is 1. The number of aromatic nitrogens is 4. The summed E-state index contributed by atoms with van der Waals surface area (Å²) in [5, 5.41) is 6.07. The molecule has 1 atom stereocenters. The Morgan fingerprint density at radius 3 is 3.21 bits per heavy atom. The molecule has 0 spiro atoms. The van der Waals surface area contributed by atoms with Gasteiger partial charge < -0.3 is 9.72 Å². The Bertz CT molecular complexity index is 806. The third kappa shape index (κ3) is 3.21. The lowest BCUT2D eigenvalue weighted by molar-refractivity contribution is -0.0161. The normalized spacial score (nSPS) is 18.8. The van der Waals surface area contributed by atoms with E-state index in [1.54, 1.807) is 12.3 Å². The number of rotatable bonds is 4. The zero-order chi connectivity index (χ0) is 16.4. The molecule has 24 heavy (non-hydrogen) atoms. The van der Waals surface area contributed by atoms with Gasteiger partial charge in [-0.2, -0.15) is 0 Å². The summed E-state index contributed by atoms with van der Waals surface area (Å²) in [6.07, 6.45) is 1.74. The zero-order valence-corrected chi connectivity index (χ0v) is 13.7. The van der Waals surface area contributed by atoms with Crippen LogP contribution in [0.1, 0.15) is 17.6 Å². The van der Waals surface area contributed by atoms with Gasteiger partial charge in [-0.3, -0.25) is 4.90 Å². The van der Waals surface area contributed by atoms with Gasteiger partial charge in [0.05, 0.1) is 36.8 Å². The predicted molar refractivity (Wildman–Crippen MR) is 87.9 cm³/mol. The van der Waals surface area contributed by atoms with E-state index in [1.165, 1.54) is 23.7 Å². The van der Waals surface area contributed by atoms with Gasteiger partial charge in [0.25, 0.3) is 0 Å². The van der Waals surface area contributed by atoms with E-state index in [2.05, 4.69) is 24.5 Å². The van der Waals surface area contributed by atoms with Crippen LogP contribution in [-0.4, -0.2) is 44.2 Å². The number of H-pyrrole nitrogens is 1. The third-order valence-corrected chi connectivity index (χ3v) is 4.61. The van der Waals surface area contributed by atoms with Crippen molar-refractivity contribution in [1.82, 2.24) is 24.5 Å². The molecule has 0 aliphatic carbocycles. The van der Waals surface area contributed by atoms with E-state index < -0.39 is 0 Å². The van der Waals surface area contributed by atoms with Crippen LogP contribution >= 0.6 is 11.5 Å². The van der Waals surface area contributed by atoms with Crippen LogP contribution in [-0.2, 0) is 11.3 Å². The van der Waals surface area contributed by atoms with Crippen LogP contribution in [0.4, 0.5) is 4.39 Å². The molecule has 8 heteroatoms. The maximum Gasteiger partial charge on any atom is 0.126 e. The molecule has 1 unspecified atom stereocenters. The van der Waals surface area contributed by atoms with Crippen LogP contribution in [0, 0.1) is 5.82 Å². The summed E-state index contributed by atoms with van der Waals surface area (Å²) in [7, 11) is 0. The lowest BCUT2D eigenvalue weighted by Crippen LogP contribution is -2.39. The van der Waals surface area contributed by atoms with E-state index in [9.17, 15) is 4.39 Å². The van der Waals surface area contributed by atoms with Gasteiger partial charge in [0.2, 0.25) is 0 Å². The molecule has 0 radical (unpaired) electrons. The molecule has 124 valence electrons. The summed E-state index contributed by atoms with van der Waals surface area (Å²) >= 11 is 1.35. The van der Waals surface area contributed by atoms with Crippen LogP contribution in [0.5, 0.6) is 0 Å². The van der Waals surface area contributed by atoms with Gasteiger partial charge in [-0.25, -0.2) is 9.37 Å². The first-order chi connectivity index (χ1) is 11.8. The Morgan fingerprint density at radius 2 is 2.38 bits per heavy atom. The Morgan fingerprint density at radius 1 is 1.42 bits per heavy atom. The van der Waals surface area contributed by atoms with Crippen LogP contribution < -0.4 is 0 Å². The fourth-order valence-corrected chi connectivity index (χ4v) is 3.29. The topological polar surface area (TPSA) is 66.9 Å². The zero-order valence-electron chi connectivity index (χ0n) is 12.9. The van der Waals surface area contributed by atoms with Crippen LogP contribution in [0.3, 0.4) is 0 Å². The number of hydrogen-bond acceptors (Lipinski definition) is 6. The molecular weight excluding hydrogens is 329 g/mol. The average molecular weight is 345 g/mol. The predicted octanol–water partition coefficient (Wildman–Crippen LogP) is 2.64. The first-order valence-electron chi connectivity index (χ1n) is 7.68. The van der Waals surface area contributed by atoms with Crippen molar-refractivity contribution in [3.8, 4) is 11.3 Å². The second-order valence-corrected chi connectivity index (χ2v) is 6.26. The molecule has 6 nitrogen and oxygen atoms in total. The fourth-order valence-electron chi connectivity index (χ4n) is 2.85. The lowest BCUT2D eigenvalue weighted by atomic mass is 10.1. The molecule has 1 saturated heterocycles. The van der Waals surface area contributed by atoms with Gasteiger partial charge in [-0.05, 0) is 23.7 Å². The van der Waals surface area contributed by atoms with Crippen molar-refractivity contribution in [2.45, 2.75) is 12.6 Å². The summed E-state index contributed by atoms with van der Waals surface area (Å²) < 4.78 is 23.0. The summed E-state index contributed by atoms with van der Waals surface area (Å²) in [4.78, 5) is 10.1. The van der Waals surface area contributed by atoms with Crippen molar-refractivity contribution >= 4 is 11.5 Å². The SMILES string of the molecule is Fc1cccc(-c2cnc(C3COCCN3Cc3csnn3)[nH]2)c1. The van der Waals surface area contributed by atoms with Crippen LogP contribution in [0.15, 0.2) is 35.8 Å². The van der Waals surface area contributed by atoms with Crippen molar-refractivity contribution in [1.29, 1.82) is 0 Å². The largest absolute Gasteiger partial charge is 0.378 e. The molecule has 1 aliphatic rings. The van der Waals surface area contributed by atoms with Crippen LogP contribution in [0.2, 0.25) is 0 Å². The van der Waals surface area contributed by atoms with Crippen LogP contribution in [0.25, 0.3) is 11.3 Å². The molecule has 0 amide bonds. The number of hydrogen-bond donors (Lipinski definition) is 1. The van der Waals surface area contributed by atoms with Crippen molar-refractivity contribution in [3.63, 3.8) is 0 Å². The van der Waals surface area contributed by atoms with Gasteiger partial charge in [0, 0.05) is 24.0 Å². The Kier molecular flexibility index (Phi) is 4.33. The highest BCUT2D eigenvalue weighted by atomic mass is 32.1. The number of benzene rings is 1. The standard InChI is InChI=1S/C16H16FN5OS/c17-12-3-1-2-11(6-12)14-7-18-16(19-14)15-9-23-5-4-22(15)8-13-10-24-21-20-13/h1-3,6-7,10,15H,4-5,8-9H2,(H,18,19). The smallest absolute Gasteiger partial charge is 0.126 e. The summed E-state index contributed by atoms with van der Waals surface area (Å²) in [6, 6.07) is 6.49. The van der Waals surface area contributed by atoms with E-state index in [1.807, 2.05) is 11.4 Å². The van der Waals surface area contributed by atoms with Gasteiger partial charge in [-0.1, -0.05) is 16.6 Å². The summed E-state index contributed by atoms with van der Waals surface area (Å²) in [5.41, 5.74) is 2.52. The number of halogens is 1. The molecule has 4 rings (SSSR count). The van der Waals surface area contributed by atoms with Crippen molar-refractivity contribution in [2.24, 2.45) is 0 Å². The number of nitrogens with one attached hydrogen (secondary N) is 1. The molecule has 1 aromatic carbocycles. The Balaban J connectivity index is 1.57. The highest BCUT2D eigenvalue weighted by molar-refractivity contribution is 7.03. The van der Waals surface area contributed by atoms with Gasteiger partial charge in [0.1, 0.15) is 11.6 Å². The average Bonchev–Trinajstić information content (AvgIpc) is 3.27. The Labute approximate surface area is 142 Å². The lowest BCUT2D eigenvalue weighted by Gasteiger charge is -2.33. The van der Waals surface area contributed by atoms with Gasteiger partial charge in [0.15, 0.2) is 0 Å². The first kappa shape index (κ1) is 15.4. The number of aromatic amines is 1. The molecule has 2 aromatic heterocycles. The van der Waals surface area contributed by atoms with E-state index in [-0.39, 0.29) is 11.9 Å². The second-order valence-electron chi connectivity index (χ2n) is 5.65. The third-order valence-electron chi connectivity index (χ3n) is 4.06. The maximum absolute atomic E-state index is 13.4. The fraction of sp³-hybridized carbons (Fsp3) is 0.312. The molecule has 3 heterocycles. The minimum absolute atomic E-state index is 0.0164. The molecule has 1 aliphatic heterocycles. The number of morpholine rings is 1. The second kappa shape index (κ2) is 6.76. The van der Waals surface area contributed by atoms with Gasteiger partial charge in [-0.15, -0.1) is 5.10 Å². The molecule has 1 N–H and O–H groups in total. The van der Waals surface area contributed by atoms with E-state index in [0.717, 1.165) is 29.3 Å². The quantitative estimate of drug-likeness (QED) is 0.787. The molecule has 0 bridgehead atoms. The molecule has 3 aromatic rings.